The zero-order valence-corrected chi connectivity index (χ0v) is 3.74. The average Bonchev–Trinajstić information content (AvgIpc) is 2.14. The molecule has 4 nitrogen and oxygen atoms in total. The van der Waals surface area contributed by atoms with Crippen LogP contribution in [0.3, 0.4) is 0 Å². The highest BCUT2D eigenvalue weighted by atomic mass is 17.2. The molecule has 40 valence electrons. The van der Waals surface area contributed by atoms with Crippen molar-refractivity contribution in [2.75, 3.05) is 13.1 Å². The molecule has 0 aromatic carbocycles. The summed E-state index contributed by atoms with van der Waals surface area (Å²) in [4.78, 5) is 7.55. The summed E-state index contributed by atoms with van der Waals surface area (Å²) < 4.78 is 0. The minimum atomic E-state index is 0.649. The smallest absolute Gasteiger partial charge is 0.113 e. The average molecular weight is 102 g/mol. The third kappa shape index (κ3) is 0.880. The summed E-state index contributed by atoms with van der Waals surface area (Å²) in [7, 11) is 0. The minimum Gasteiger partial charge on any atom is -0.271 e. The van der Waals surface area contributed by atoms with E-state index in [2.05, 4.69) is 9.98 Å². The molecule has 0 unspecified atom stereocenters. The molecule has 7 heavy (non-hydrogen) atoms. The molecule has 0 atom stereocenters. The van der Waals surface area contributed by atoms with Gasteiger partial charge in [0, 0.05) is 0 Å². The summed E-state index contributed by atoms with van der Waals surface area (Å²) >= 11 is 0. The van der Waals surface area contributed by atoms with Gasteiger partial charge >= 0.3 is 0 Å². The van der Waals surface area contributed by atoms with Crippen LogP contribution in [0.1, 0.15) is 0 Å². The fourth-order valence-corrected chi connectivity index (χ4v) is 0.425. The number of rotatable bonds is 1. The van der Waals surface area contributed by atoms with E-state index in [1.165, 1.54) is 11.4 Å². The molecule has 1 N–H and O–H groups in total. The summed E-state index contributed by atoms with van der Waals surface area (Å²) in [6.07, 6.45) is 1.44. The third-order valence-electron chi connectivity index (χ3n) is 0.765. The lowest BCUT2D eigenvalue weighted by atomic mass is 10.7. The van der Waals surface area contributed by atoms with E-state index >= 15 is 0 Å². The van der Waals surface area contributed by atoms with Gasteiger partial charge in [0.15, 0.2) is 0 Å². The van der Waals surface area contributed by atoms with Gasteiger partial charge in [0.05, 0.1) is 13.1 Å². The van der Waals surface area contributed by atoms with Crippen LogP contribution in [0.2, 0.25) is 0 Å². The van der Waals surface area contributed by atoms with Crippen LogP contribution >= 0.6 is 0 Å². The van der Waals surface area contributed by atoms with Gasteiger partial charge in [-0.15, -0.1) is 4.99 Å². The second-order valence-electron chi connectivity index (χ2n) is 1.24. The van der Waals surface area contributed by atoms with Crippen LogP contribution in [-0.4, -0.2) is 29.7 Å². The lowest BCUT2D eigenvalue weighted by Crippen LogP contribution is -2.17. The van der Waals surface area contributed by atoms with E-state index < -0.39 is 0 Å². The van der Waals surface area contributed by atoms with E-state index in [0.29, 0.717) is 13.1 Å². The number of nitrogens with zero attached hydrogens (tertiary/aromatic N) is 2. The van der Waals surface area contributed by atoms with Gasteiger partial charge in [0.1, 0.15) is 6.34 Å². The standard InChI is InChI=1S/C3H6N2O2/c6-7-5-2-1-4-3-5/h3,6H,1-2H2. The molecule has 1 rings (SSSR count). The van der Waals surface area contributed by atoms with Crippen molar-refractivity contribution >= 4 is 6.34 Å². The molecule has 1 heterocycles. The van der Waals surface area contributed by atoms with Gasteiger partial charge in [0.25, 0.3) is 0 Å². The number of aliphatic imine (C=N–C) groups is 1. The predicted octanol–water partition coefficient (Wildman–Crippen LogP) is -0.265. The highest BCUT2D eigenvalue weighted by Gasteiger charge is 2.02. The van der Waals surface area contributed by atoms with E-state index in [1.807, 2.05) is 0 Å². The minimum absolute atomic E-state index is 0.649. The molecule has 0 amide bonds. The Morgan fingerprint density at radius 3 is 3.00 bits per heavy atom. The Bertz CT molecular complexity index is 83.0. The van der Waals surface area contributed by atoms with Crippen LogP contribution in [0, 0.1) is 0 Å². The van der Waals surface area contributed by atoms with Gasteiger partial charge < -0.3 is 0 Å². The highest BCUT2D eigenvalue weighted by Crippen LogP contribution is 1.89. The Labute approximate surface area is 40.9 Å². The molecule has 0 saturated heterocycles. The zero-order valence-electron chi connectivity index (χ0n) is 3.74. The SMILES string of the molecule is OON1C=NCC1. The van der Waals surface area contributed by atoms with Crippen molar-refractivity contribution in [3.8, 4) is 0 Å². The number of hydrogen-bond acceptors (Lipinski definition) is 4. The van der Waals surface area contributed by atoms with Crippen molar-refractivity contribution in [1.82, 2.24) is 5.06 Å². The molecule has 0 radical (unpaired) electrons. The maximum atomic E-state index is 7.90. The first-order chi connectivity index (χ1) is 3.43. The molecule has 1 aliphatic rings. The molecule has 0 saturated carbocycles. The molecular formula is C3H6N2O2. The lowest BCUT2D eigenvalue weighted by Gasteiger charge is -2.03. The first kappa shape index (κ1) is 4.55. The van der Waals surface area contributed by atoms with Crippen molar-refractivity contribution in [3.05, 3.63) is 0 Å². The quantitative estimate of drug-likeness (QED) is 0.366. The van der Waals surface area contributed by atoms with Gasteiger partial charge in [-0.3, -0.25) is 4.99 Å². The molecule has 1 aliphatic heterocycles. The first-order valence-corrected chi connectivity index (χ1v) is 2.01. The van der Waals surface area contributed by atoms with Crippen molar-refractivity contribution in [2.45, 2.75) is 0 Å². The maximum Gasteiger partial charge on any atom is 0.113 e. The largest absolute Gasteiger partial charge is 0.271 e. The summed E-state index contributed by atoms with van der Waals surface area (Å²) in [5.74, 6) is 0. The molecule has 0 aliphatic carbocycles. The van der Waals surface area contributed by atoms with Crippen LogP contribution in [0.5, 0.6) is 0 Å². The molecule has 0 bridgehead atoms. The summed E-state index contributed by atoms with van der Waals surface area (Å²) in [5, 5.41) is 9.15. The monoisotopic (exact) mass is 102 g/mol. The van der Waals surface area contributed by atoms with Gasteiger partial charge in [0.2, 0.25) is 0 Å². The Balaban J connectivity index is 2.28. The second-order valence-corrected chi connectivity index (χ2v) is 1.24. The van der Waals surface area contributed by atoms with Crippen molar-refractivity contribution in [1.29, 1.82) is 0 Å². The molecular weight excluding hydrogens is 96.0 g/mol. The molecule has 4 heteroatoms. The van der Waals surface area contributed by atoms with E-state index in [-0.39, 0.29) is 0 Å². The Morgan fingerprint density at radius 1 is 1.86 bits per heavy atom. The number of hydrogen-bond donors (Lipinski definition) is 1. The van der Waals surface area contributed by atoms with E-state index in [9.17, 15) is 0 Å². The van der Waals surface area contributed by atoms with Crippen molar-refractivity contribution in [3.63, 3.8) is 0 Å². The van der Waals surface area contributed by atoms with E-state index in [4.69, 9.17) is 5.26 Å². The zero-order chi connectivity index (χ0) is 5.11. The normalized spacial score (nSPS) is 18.7. The fraction of sp³-hybridized carbons (Fsp3) is 0.667. The van der Waals surface area contributed by atoms with Crippen LogP contribution in [0.4, 0.5) is 0 Å². The maximum absolute atomic E-state index is 7.90. The topological polar surface area (TPSA) is 45.1 Å². The van der Waals surface area contributed by atoms with Crippen LogP contribution < -0.4 is 0 Å². The van der Waals surface area contributed by atoms with Gasteiger partial charge in [-0.2, -0.15) is 0 Å². The van der Waals surface area contributed by atoms with Gasteiger partial charge in [-0.1, -0.05) is 0 Å². The van der Waals surface area contributed by atoms with Crippen LogP contribution in [-0.2, 0) is 4.99 Å². The van der Waals surface area contributed by atoms with Crippen LogP contribution in [0.15, 0.2) is 4.99 Å². The van der Waals surface area contributed by atoms with Crippen LogP contribution in [0.25, 0.3) is 0 Å². The summed E-state index contributed by atoms with van der Waals surface area (Å²) in [6, 6.07) is 0. The van der Waals surface area contributed by atoms with E-state index in [0.717, 1.165) is 0 Å². The lowest BCUT2D eigenvalue weighted by molar-refractivity contribution is -0.361. The first-order valence-electron chi connectivity index (χ1n) is 2.01. The Kier molecular flexibility index (Phi) is 1.24. The summed E-state index contributed by atoms with van der Waals surface area (Å²) in [6.45, 7) is 1.36. The predicted molar refractivity (Wildman–Crippen MR) is 23.8 cm³/mol. The number of hydroxylamine groups is 2. The summed E-state index contributed by atoms with van der Waals surface area (Å²) in [5.41, 5.74) is 0. The molecule has 0 fully saturated rings. The highest BCUT2D eigenvalue weighted by molar-refractivity contribution is 5.55. The Morgan fingerprint density at radius 2 is 2.71 bits per heavy atom. The van der Waals surface area contributed by atoms with Crippen molar-refractivity contribution < 1.29 is 10.2 Å². The second kappa shape index (κ2) is 1.90. The fourth-order valence-electron chi connectivity index (χ4n) is 0.425. The Hall–Kier alpha value is -0.610. The van der Waals surface area contributed by atoms with Crippen molar-refractivity contribution in [2.24, 2.45) is 4.99 Å². The molecule has 0 aromatic rings. The van der Waals surface area contributed by atoms with E-state index in [1.54, 1.807) is 0 Å². The molecule has 0 aromatic heterocycles. The van der Waals surface area contributed by atoms with Gasteiger partial charge in [-0.25, -0.2) is 10.3 Å². The molecule has 0 spiro atoms. The third-order valence-corrected chi connectivity index (χ3v) is 0.765. The van der Waals surface area contributed by atoms with Gasteiger partial charge in [-0.05, 0) is 0 Å².